The zero-order valence-electron chi connectivity index (χ0n) is 14.4. The van der Waals surface area contributed by atoms with Crippen LogP contribution in [0.1, 0.15) is 23.9 Å². The second-order valence-electron chi connectivity index (χ2n) is 6.19. The molecule has 1 N–H and O–H groups in total. The van der Waals surface area contributed by atoms with E-state index in [2.05, 4.69) is 42.0 Å². The van der Waals surface area contributed by atoms with Crippen molar-refractivity contribution in [1.29, 1.82) is 0 Å². The predicted molar refractivity (Wildman–Crippen MR) is 91.0 cm³/mol. The van der Waals surface area contributed by atoms with Crippen LogP contribution in [0.5, 0.6) is 0 Å². The van der Waals surface area contributed by atoms with E-state index in [-0.39, 0.29) is 0 Å². The third-order valence-electron chi connectivity index (χ3n) is 4.37. The fourth-order valence-corrected chi connectivity index (χ4v) is 2.76. The summed E-state index contributed by atoms with van der Waals surface area (Å²) in [5.74, 6) is 2.24. The van der Waals surface area contributed by atoms with E-state index < -0.39 is 0 Å². The molecule has 2 aromatic rings. The first-order valence-corrected chi connectivity index (χ1v) is 8.39. The Hall–Kier alpha value is -2.06. The number of aromatic nitrogens is 5. The van der Waals surface area contributed by atoms with E-state index in [1.54, 1.807) is 12.7 Å². The van der Waals surface area contributed by atoms with Gasteiger partial charge in [-0.1, -0.05) is 0 Å². The summed E-state index contributed by atoms with van der Waals surface area (Å²) in [4.78, 5) is 11.0. The average Bonchev–Trinajstić information content (AvgIpc) is 3.25. The Kier molecular flexibility index (Phi) is 5.71. The second kappa shape index (κ2) is 8.16. The van der Waals surface area contributed by atoms with E-state index in [0.29, 0.717) is 5.92 Å². The molecule has 1 unspecified atom stereocenters. The molecule has 1 fully saturated rings. The Balaban J connectivity index is 1.41. The van der Waals surface area contributed by atoms with Crippen LogP contribution < -0.4 is 5.32 Å². The van der Waals surface area contributed by atoms with Crippen LogP contribution in [0.3, 0.4) is 0 Å². The molecule has 8 heteroatoms. The highest BCUT2D eigenvalue weighted by atomic mass is 16.5. The third kappa shape index (κ3) is 4.48. The van der Waals surface area contributed by atoms with Crippen molar-refractivity contribution in [2.45, 2.75) is 25.8 Å². The highest BCUT2D eigenvalue weighted by molar-refractivity contribution is 5.35. The largest absolute Gasteiger partial charge is 0.381 e. The number of rotatable bonds is 8. The quantitative estimate of drug-likeness (QED) is 0.770. The van der Waals surface area contributed by atoms with E-state index in [1.165, 1.54) is 0 Å². The van der Waals surface area contributed by atoms with Crippen molar-refractivity contribution in [1.82, 2.24) is 29.6 Å². The molecule has 3 rings (SSSR count). The lowest BCUT2D eigenvalue weighted by Gasteiger charge is -2.17. The van der Waals surface area contributed by atoms with Gasteiger partial charge < -0.3 is 19.5 Å². The number of nitrogens with zero attached hydrogens (tertiary/aromatic N) is 6. The van der Waals surface area contributed by atoms with Crippen molar-refractivity contribution in [3.8, 4) is 0 Å². The summed E-state index contributed by atoms with van der Waals surface area (Å²) in [6.45, 7) is 7.19. The minimum Gasteiger partial charge on any atom is -0.381 e. The molecule has 3 heterocycles. The van der Waals surface area contributed by atoms with E-state index in [9.17, 15) is 0 Å². The molecule has 0 spiro atoms. The highest BCUT2D eigenvalue weighted by Gasteiger charge is 2.19. The number of anilines is 1. The number of hydrogen-bond acceptors (Lipinski definition) is 7. The summed E-state index contributed by atoms with van der Waals surface area (Å²) in [6, 6.07) is 2.04. The molecule has 0 radical (unpaired) electrons. The number of likely N-dealkylation sites (N-methyl/N-ethyl adjacent to an activating group) is 1. The van der Waals surface area contributed by atoms with Gasteiger partial charge in [-0.25, -0.2) is 9.97 Å². The van der Waals surface area contributed by atoms with E-state index in [1.807, 2.05) is 13.0 Å². The van der Waals surface area contributed by atoms with Crippen LogP contribution in [-0.2, 0) is 11.3 Å². The molecule has 24 heavy (non-hydrogen) atoms. The third-order valence-corrected chi connectivity index (χ3v) is 4.37. The van der Waals surface area contributed by atoms with Gasteiger partial charge in [-0.3, -0.25) is 0 Å². The molecule has 1 aliphatic rings. The molecule has 0 aromatic carbocycles. The Morgan fingerprint density at radius 1 is 1.38 bits per heavy atom. The highest BCUT2D eigenvalue weighted by Crippen LogP contribution is 2.24. The van der Waals surface area contributed by atoms with Gasteiger partial charge in [0.05, 0.1) is 12.3 Å². The number of hydrogen-bond donors (Lipinski definition) is 1. The topological polar surface area (TPSA) is 81.0 Å². The number of ether oxygens (including phenoxy) is 1. The van der Waals surface area contributed by atoms with Crippen molar-refractivity contribution in [2.75, 3.05) is 45.2 Å². The first-order valence-electron chi connectivity index (χ1n) is 8.39. The van der Waals surface area contributed by atoms with Gasteiger partial charge >= 0.3 is 0 Å². The normalized spacial score (nSPS) is 17.5. The van der Waals surface area contributed by atoms with Crippen molar-refractivity contribution < 1.29 is 4.74 Å². The lowest BCUT2D eigenvalue weighted by Crippen LogP contribution is -2.28. The second-order valence-corrected chi connectivity index (χ2v) is 6.19. The molecular weight excluding hydrogens is 306 g/mol. The van der Waals surface area contributed by atoms with Crippen LogP contribution in [0.15, 0.2) is 18.7 Å². The Morgan fingerprint density at radius 3 is 3.04 bits per heavy atom. The lowest BCUT2D eigenvalue weighted by atomic mass is 10.1. The van der Waals surface area contributed by atoms with E-state index in [0.717, 1.165) is 63.1 Å². The van der Waals surface area contributed by atoms with Crippen LogP contribution in [0.4, 0.5) is 5.82 Å². The van der Waals surface area contributed by atoms with Gasteiger partial charge in [0.15, 0.2) is 0 Å². The molecule has 0 bridgehead atoms. The standard InChI is InChI=1S/C16H25N7O/c1-13-21-20-12-23(13)7-6-22(2)5-4-17-16-9-15(18-11-19-16)14-3-8-24-10-14/h9,11-12,14H,3-8,10H2,1-2H3,(H,17,18,19). The minimum atomic E-state index is 0.406. The summed E-state index contributed by atoms with van der Waals surface area (Å²) in [7, 11) is 2.11. The fraction of sp³-hybridized carbons (Fsp3) is 0.625. The van der Waals surface area contributed by atoms with Crippen LogP contribution in [0.25, 0.3) is 0 Å². The SMILES string of the molecule is Cc1nncn1CCN(C)CCNc1cc(C2CCOC2)ncn1. The molecule has 1 aliphatic heterocycles. The zero-order chi connectivity index (χ0) is 16.8. The van der Waals surface area contributed by atoms with E-state index >= 15 is 0 Å². The summed E-state index contributed by atoms with van der Waals surface area (Å²) >= 11 is 0. The molecule has 0 amide bonds. The fourth-order valence-electron chi connectivity index (χ4n) is 2.76. The minimum absolute atomic E-state index is 0.406. The summed E-state index contributed by atoms with van der Waals surface area (Å²) in [6.07, 6.45) is 4.45. The van der Waals surface area contributed by atoms with Gasteiger partial charge in [0.2, 0.25) is 0 Å². The zero-order valence-corrected chi connectivity index (χ0v) is 14.4. The van der Waals surface area contributed by atoms with Crippen molar-refractivity contribution in [2.24, 2.45) is 0 Å². The summed E-state index contributed by atoms with van der Waals surface area (Å²) in [5, 5.41) is 11.3. The molecule has 0 aliphatic carbocycles. The summed E-state index contributed by atoms with van der Waals surface area (Å²) < 4.78 is 7.49. The molecule has 1 saturated heterocycles. The van der Waals surface area contributed by atoms with Gasteiger partial charge in [-0.2, -0.15) is 0 Å². The monoisotopic (exact) mass is 331 g/mol. The van der Waals surface area contributed by atoms with Gasteiger partial charge in [0.25, 0.3) is 0 Å². The van der Waals surface area contributed by atoms with Gasteiger partial charge in [-0.15, -0.1) is 10.2 Å². The van der Waals surface area contributed by atoms with Crippen LogP contribution >= 0.6 is 0 Å². The molecule has 0 saturated carbocycles. The molecular formula is C16H25N7O. The average molecular weight is 331 g/mol. The maximum absolute atomic E-state index is 5.43. The number of aryl methyl sites for hydroxylation is 1. The predicted octanol–water partition coefficient (Wildman–Crippen LogP) is 0.924. The maximum Gasteiger partial charge on any atom is 0.129 e. The van der Waals surface area contributed by atoms with Crippen molar-refractivity contribution in [3.63, 3.8) is 0 Å². The molecule has 130 valence electrons. The molecule has 8 nitrogen and oxygen atoms in total. The lowest BCUT2D eigenvalue weighted by molar-refractivity contribution is 0.193. The smallest absolute Gasteiger partial charge is 0.129 e. The van der Waals surface area contributed by atoms with Crippen molar-refractivity contribution >= 4 is 5.82 Å². The van der Waals surface area contributed by atoms with E-state index in [4.69, 9.17) is 4.74 Å². The Labute approximate surface area is 142 Å². The van der Waals surface area contributed by atoms with Gasteiger partial charge in [0.1, 0.15) is 24.3 Å². The first-order chi connectivity index (χ1) is 11.7. The van der Waals surface area contributed by atoms with Gasteiger partial charge in [0, 0.05) is 44.8 Å². The summed E-state index contributed by atoms with van der Waals surface area (Å²) in [5.41, 5.74) is 1.07. The van der Waals surface area contributed by atoms with Crippen LogP contribution in [0, 0.1) is 6.92 Å². The van der Waals surface area contributed by atoms with Gasteiger partial charge in [-0.05, 0) is 20.4 Å². The molecule has 1 atom stereocenters. The molecule has 2 aromatic heterocycles. The Bertz CT molecular complexity index is 639. The van der Waals surface area contributed by atoms with Crippen LogP contribution in [0.2, 0.25) is 0 Å². The first kappa shape index (κ1) is 16.8. The maximum atomic E-state index is 5.43. The van der Waals surface area contributed by atoms with Crippen molar-refractivity contribution in [3.05, 3.63) is 30.2 Å². The number of nitrogens with one attached hydrogen (secondary N) is 1. The van der Waals surface area contributed by atoms with Crippen LogP contribution in [-0.4, -0.2) is 69.5 Å². The Morgan fingerprint density at radius 2 is 2.29 bits per heavy atom.